The Morgan fingerprint density at radius 3 is 2.39 bits per heavy atom. The van der Waals surface area contributed by atoms with E-state index in [1.807, 2.05) is 25.1 Å². The molecule has 0 N–H and O–H groups in total. The van der Waals surface area contributed by atoms with Crippen molar-refractivity contribution in [2.45, 2.75) is 19.8 Å². The zero-order chi connectivity index (χ0) is 20.1. The summed E-state index contributed by atoms with van der Waals surface area (Å²) < 4.78 is 42.1. The fourth-order valence-corrected chi connectivity index (χ4v) is 2.90. The van der Waals surface area contributed by atoms with Crippen molar-refractivity contribution in [1.29, 1.82) is 5.26 Å². The van der Waals surface area contributed by atoms with Crippen molar-refractivity contribution in [3.63, 3.8) is 0 Å². The smallest absolute Gasteiger partial charge is 0.146 e. The van der Waals surface area contributed by atoms with Gasteiger partial charge in [-0.1, -0.05) is 48.3 Å². The highest BCUT2D eigenvalue weighted by Gasteiger charge is 2.10. The first kappa shape index (κ1) is 19.3. The molecule has 0 aliphatic rings. The van der Waals surface area contributed by atoms with Crippen LogP contribution in [0.15, 0.2) is 54.6 Å². The van der Waals surface area contributed by atoms with Crippen LogP contribution in [0.4, 0.5) is 13.2 Å². The Morgan fingerprint density at radius 2 is 1.71 bits per heavy atom. The molecule has 4 heteroatoms. The Labute approximate surface area is 161 Å². The first-order valence-electron chi connectivity index (χ1n) is 8.77. The van der Waals surface area contributed by atoms with E-state index in [1.54, 1.807) is 18.2 Å². The average molecular weight is 375 g/mol. The molecular formula is C24H16F3N. The van der Waals surface area contributed by atoms with Gasteiger partial charge in [-0.15, -0.1) is 0 Å². The second-order valence-corrected chi connectivity index (χ2v) is 6.27. The van der Waals surface area contributed by atoms with Crippen LogP contribution in [-0.2, 0) is 6.42 Å². The fourth-order valence-electron chi connectivity index (χ4n) is 2.90. The van der Waals surface area contributed by atoms with E-state index < -0.39 is 23.0 Å². The summed E-state index contributed by atoms with van der Waals surface area (Å²) in [6.07, 6.45) is 5.88. The maximum Gasteiger partial charge on any atom is 0.146 e. The minimum Gasteiger partial charge on any atom is -0.205 e. The van der Waals surface area contributed by atoms with E-state index in [0.29, 0.717) is 5.39 Å². The van der Waals surface area contributed by atoms with E-state index in [-0.39, 0.29) is 11.1 Å². The normalized spacial score (nSPS) is 10.7. The van der Waals surface area contributed by atoms with Crippen LogP contribution in [-0.4, -0.2) is 0 Å². The number of benzene rings is 3. The van der Waals surface area contributed by atoms with Gasteiger partial charge >= 0.3 is 0 Å². The molecule has 0 aromatic heterocycles. The molecule has 0 unspecified atom stereocenters. The molecule has 138 valence electrons. The van der Waals surface area contributed by atoms with E-state index in [2.05, 4.69) is 17.9 Å². The summed E-state index contributed by atoms with van der Waals surface area (Å²) in [4.78, 5) is 0. The van der Waals surface area contributed by atoms with Crippen molar-refractivity contribution in [1.82, 2.24) is 0 Å². The van der Waals surface area contributed by atoms with Crippen molar-refractivity contribution < 1.29 is 13.2 Å². The van der Waals surface area contributed by atoms with Gasteiger partial charge in [-0.3, -0.25) is 0 Å². The second-order valence-electron chi connectivity index (χ2n) is 6.27. The molecule has 0 amide bonds. The third-order valence-corrected chi connectivity index (χ3v) is 4.35. The SMILES string of the molecule is C/C=C/CCc1ccc2c(F)c(C#Cc3cc(F)c(C#N)c(F)c3)ccc2c1. The number of halogens is 3. The lowest BCUT2D eigenvalue weighted by Crippen LogP contribution is -1.92. The summed E-state index contributed by atoms with van der Waals surface area (Å²) in [5, 5.41) is 9.91. The number of hydrogen-bond donors (Lipinski definition) is 0. The van der Waals surface area contributed by atoms with Crippen LogP contribution in [0.2, 0.25) is 0 Å². The van der Waals surface area contributed by atoms with Crippen molar-refractivity contribution >= 4 is 10.8 Å². The Balaban J connectivity index is 1.93. The Bertz CT molecular complexity index is 1150. The van der Waals surface area contributed by atoms with E-state index in [1.165, 1.54) is 6.07 Å². The van der Waals surface area contributed by atoms with Gasteiger partial charge in [0.05, 0.1) is 5.56 Å². The van der Waals surface area contributed by atoms with Gasteiger partial charge in [-0.05, 0) is 48.9 Å². The summed E-state index contributed by atoms with van der Waals surface area (Å²) in [5.41, 5.74) is 0.632. The van der Waals surface area contributed by atoms with Gasteiger partial charge in [0.15, 0.2) is 0 Å². The molecular weight excluding hydrogens is 359 g/mol. The van der Waals surface area contributed by atoms with E-state index in [9.17, 15) is 13.2 Å². The van der Waals surface area contributed by atoms with Gasteiger partial charge in [0, 0.05) is 10.9 Å². The van der Waals surface area contributed by atoms with Gasteiger partial charge in [0.1, 0.15) is 29.1 Å². The number of rotatable bonds is 3. The third kappa shape index (κ3) is 4.08. The van der Waals surface area contributed by atoms with E-state index in [4.69, 9.17) is 5.26 Å². The molecule has 3 rings (SSSR count). The highest BCUT2D eigenvalue weighted by Crippen LogP contribution is 2.23. The fraction of sp³-hybridized carbons (Fsp3) is 0.125. The molecule has 0 saturated carbocycles. The van der Waals surface area contributed by atoms with Crippen LogP contribution in [0.25, 0.3) is 10.8 Å². The first-order valence-corrected chi connectivity index (χ1v) is 8.77. The Kier molecular flexibility index (Phi) is 5.82. The summed E-state index contributed by atoms with van der Waals surface area (Å²) in [6, 6.07) is 12.3. The lowest BCUT2D eigenvalue weighted by molar-refractivity contribution is 0.576. The highest BCUT2D eigenvalue weighted by molar-refractivity contribution is 5.85. The van der Waals surface area contributed by atoms with Crippen LogP contribution >= 0.6 is 0 Å². The van der Waals surface area contributed by atoms with E-state index >= 15 is 0 Å². The Hall–Kier alpha value is -3.50. The third-order valence-electron chi connectivity index (χ3n) is 4.35. The maximum atomic E-state index is 14.8. The van der Waals surface area contributed by atoms with Crippen LogP contribution in [0.3, 0.4) is 0 Å². The topological polar surface area (TPSA) is 23.8 Å². The number of fused-ring (bicyclic) bond motifs is 1. The predicted molar refractivity (Wildman–Crippen MR) is 104 cm³/mol. The first-order chi connectivity index (χ1) is 13.5. The second kappa shape index (κ2) is 8.46. The van der Waals surface area contributed by atoms with Crippen molar-refractivity contribution in [3.8, 4) is 17.9 Å². The zero-order valence-electron chi connectivity index (χ0n) is 15.2. The van der Waals surface area contributed by atoms with E-state index in [0.717, 1.165) is 35.9 Å². The van der Waals surface area contributed by atoms with Gasteiger partial charge in [0.25, 0.3) is 0 Å². The predicted octanol–water partition coefficient (Wildman–Crippen LogP) is 6.04. The quantitative estimate of drug-likeness (QED) is 0.405. The average Bonchev–Trinajstić information content (AvgIpc) is 2.67. The standard InChI is InChI=1S/C24H16F3N/c1-2-3-4-5-16-7-11-20-19(12-16)10-9-18(24(20)27)8-6-17-13-22(25)21(15-28)23(26)14-17/h2-3,7,9-14H,4-5H2,1H3/b3-2+. The molecule has 0 fully saturated rings. The molecule has 1 nitrogen and oxygen atoms in total. The van der Waals surface area contributed by atoms with Crippen LogP contribution in [0, 0.1) is 40.6 Å². The summed E-state index contributed by atoms with van der Waals surface area (Å²) >= 11 is 0. The molecule has 0 bridgehead atoms. The van der Waals surface area contributed by atoms with Crippen molar-refractivity contribution in [2.24, 2.45) is 0 Å². The number of hydrogen-bond acceptors (Lipinski definition) is 1. The van der Waals surface area contributed by atoms with Gasteiger partial charge in [0.2, 0.25) is 0 Å². The molecule has 0 aliphatic carbocycles. The molecule has 0 radical (unpaired) electrons. The van der Waals surface area contributed by atoms with Crippen LogP contribution < -0.4 is 0 Å². The highest BCUT2D eigenvalue weighted by atomic mass is 19.1. The Morgan fingerprint density at radius 1 is 0.964 bits per heavy atom. The van der Waals surface area contributed by atoms with Crippen LogP contribution in [0.1, 0.15) is 35.6 Å². The molecule has 0 aliphatic heterocycles. The van der Waals surface area contributed by atoms with Gasteiger partial charge in [-0.2, -0.15) is 5.26 Å². The minimum atomic E-state index is -0.990. The van der Waals surface area contributed by atoms with Crippen LogP contribution in [0.5, 0.6) is 0 Å². The monoisotopic (exact) mass is 375 g/mol. The summed E-state index contributed by atoms with van der Waals surface area (Å²) in [6.45, 7) is 1.97. The lowest BCUT2D eigenvalue weighted by Gasteiger charge is -2.05. The maximum absolute atomic E-state index is 14.8. The molecule has 3 aromatic rings. The summed E-state index contributed by atoms with van der Waals surface area (Å²) in [7, 11) is 0. The molecule has 3 aromatic carbocycles. The lowest BCUT2D eigenvalue weighted by atomic mass is 10.0. The van der Waals surface area contributed by atoms with Gasteiger partial charge in [-0.25, -0.2) is 13.2 Å². The largest absolute Gasteiger partial charge is 0.205 e. The minimum absolute atomic E-state index is 0.0350. The molecule has 0 saturated heterocycles. The van der Waals surface area contributed by atoms with Gasteiger partial charge < -0.3 is 0 Å². The molecule has 0 atom stereocenters. The number of nitriles is 1. The number of aryl methyl sites for hydroxylation is 1. The molecule has 0 spiro atoms. The number of nitrogens with zero attached hydrogens (tertiary/aromatic N) is 1. The molecule has 0 heterocycles. The van der Waals surface area contributed by atoms with Crippen molar-refractivity contribution in [2.75, 3.05) is 0 Å². The number of allylic oxidation sites excluding steroid dienone is 2. The zero-order valence-corrected chi connectivity index (χ0v) is 15.2. The molecule has 28 heavy (non-hydrogen) atoms. The summed E-state index contributed by atoms with van der Waals surface area (Å²) in [5.74, 6) is 2.73. The van der Waals surface area contributed by atoms with Crippen molar-refractivity contribution in [3.05, 3.63) is 94.3 Å².